The molecule has 0 aromatic rings. The maximum atomic E-state index is 11.6. The summed E-state index contributed by atoms with van der Waals surface area (Å²) < 4.78 is 25.6. The van der Waals surface area contributed by atoms with Crippen LogP contribution in [0.3, 0.4) is 0 Å². The van der Waals surface area contributed by atoms with Crippen LogP contribution in [0, 0.1) is 5.92 Å². The molecule has 16 heavy (non-hydrogen) atoms. The van der Waals surface area contributed by atoms with E-state index in [0.717, 1.165) is 6.42 Å². The second kappa shape index (κ2) is 6.85. The van der Waals surface area contributed by atoms with Crippen LogP contribution in [0.25, 0.3) is 0 Å². The van der Waals surface area contributed by atoms with Crippen molar-refractivity contribution in [3.8, 4) is 0 Å². The highest BCUT2D eigenvalue weighted by Gasteiger charge is 2.22. The Labute approximate surface area is 97.3 Å². The molecule has 0 radical (unpaired) electrons. The first-order chi connectivity index (χ1) is 7.28. The Hall–Kier alpha value is -0.620. The molecule has 0 aromatic carbocycles. The van der Waals surface area contributed by atoms with Gasteiger partial charge in [-0.15, -0.1) is 0 Å². The van der Waals surface area contributed by atoms with E-state index in [1.807, 2.05) is 6.92 Å². The van der Waals surface area contributed by atoms with Gasteiger partial charge >= 0.3 is 5.97 Å². The van der Waals surface area contributed by atoms with Crippen LogP contribution < -0.4 is 4.72 Å². The Morgan fingerprint density at radius 2 is 1.94 bits per heavy atom. The molecule has 0 aliphatic heterocycles. The number of carboxylic acid groups (broad SMARTS) is 1. The predicted molar refractivity (Wildman–Crippen MR) is 62.7 cm³/mol. The van der Waals surface area contributed by atoms with Crippen molar-refractivity contribution >= 4 is 16.0 Å². The van der Waals surface area contributed by atoms with Gasteiger partial charge in [-0.25, -0.2) is 13.1 Å². The number of aliphatic carboxylic acids is 1. The van der Waals surface area contributed by atoms with Crippen molar-refractivity contribution < 1.29 is 18.3 Å². The van der Waals surface area contributed by atoms with E-state index in [1.165, 1.54) is 0 Å². The van der Waals surface area contributed by atoms with Crippen LogP contribution >= 0.6 is 0 Å². The molecule has 2 N–H and O–H groups in total. The molecule has 0 fully saturated rings. The zero-order valence-corrected chi connectivity index (χ0v) is 10.9. The quantitative estimate of drug-likeness (QED) is 0.679. The number of unbranched alkanes of at least 4 members (excludes halogenated alkanes) is 1. The molecule has 0 aliphatic carbocycles. The highest BCUT2D eigenvalue weighted by atomic mass is 32.2. The first-order valence-electron chi connectivity index (χ1n) is 5.50. The second-order valence-electron chi connectivity index (χ2n) is 4.24. The molecule has 0 rings (SSSR count). The summed E-state index contributed by atoms with van der Waals surface area (Å²) in [6, 6.07) is -0.528. The van der Waals surface area contributed by atoms with Crippen LogP contribution in [0.5, 0.6) is 0 Å². The maximum Gasteiger partial charge on any atom is 0.304 e. The Bertz CT molecular complexity index is 311. The van der Waals surface area contributed by atoms with Gasteiger partial charge in [0.05, 0.1) is 12.2 Å². The minimum absolute atomic E-state index is 0.0347. The molecule has 96 valence electrons. The third-order valence-electron chi connectivity index (χ3n) is 2.30. The average molecular weight is 251 g/mol. The summed E-state index contributed by atoms with van der Waals surface area (Å²) in [5.74, 6) is -0.962. The number of rotatable bonds is 8. The Balaban J connectivity index is 4.44. The van der Waals surface area contributed by atoms with Crippen LogP contribution in [-0.4, -0.2) is 31.3 Å². The highest BCUT2D eigenvalue weighted by Crippen LogP contribution is 2.08. The lowest BCUT2D eigenvalue weighted by atomic mass is 10.0. The smallest absolute Gasteiger partial charge is 0.304 e. The van der Waals surface area contributed by atoms with Crippen molar-refractivity contribution in [3.63, 3.8) is 0 Å². The molecule has 0 amide bonds. The monoisotopic (exact) mass is 251 g/mol. The van der Waals surface area contributed by atoms with Crippen LogP contribution in [0.15, 0.2) is 0 Å². The van der Waals surface area contributed by atoms with Crippen molar-refractivity contribution in [2.45, 2.75) is 46.1 Å². The van der Waals surface area contributed by atoms with E-state index in [2.05, 4.69) is 4.72 Å². The highest BCUT2D eigenvalue weighted by molar-refractivity contribution is 7.89. The van der Waals surface area contributed by atoms with Gasteiger partial charge in [-0.2, -0.15) is 0 Å². The van der Waals surface area contributed by atoms with Crippen molar-refractivity contribution in [1.82, 2.24) is 4.72 Å². The maximum absolute atomic E-state index is 11.6. The van der Waals surface area contributed by atoms with Crippen LogP contribution in [0.2, 0.25) is 0 Å². The molecule has 0 saturated carbocycles. The van der Waals surface area contributed by atoms with Gasteiger partial charge in [-0.1, -0.05) is 27.2 Å². The van der Waals surface area contributed by atoms with E-state index in [4.69, 9.17) is 5.11 Å². The number of hydrogen-bond donors (Lipinski definition) is 2. The first kappa shape index (κ1) is 15.4. The fourth-order valence-electron chi connectivity index (χ4n) is 1.23. The van der Waals surface area contributed by atoms with Gasteiger partial charge in [0.1, 0.15) is 0 Å². The zero-order valence-electron chi connectivity index (χ0n) is 10.1. The van der Waals surface area contributed by atoms with E-state index < -0.39 is 22.0 Å². The second-order valence-corrected chi connectivity index (χ2v) is 6.11. The van der Waals surface area contributed by atoms with Gasteiger partial charge in [0.25, 0.3) is 0 Å². The van der Waals surface area contributed by atoms with Crippen LogP contribution in [0.1, 0.15) is 40.0 Å². The van der Waals surface area contributed by atoms with Crippen molar-refractivity contribution in [3.05, 3.63) is 0 Å². The van der Waals surface area contributed by atoms with Gasteiger partial charge in [0, 0.05) is 6.04 Å². The number of nitrogens with one attached hydrogen (secondary N) is 1. The fourth-order valence-corrected chi connectivity index (χ4v) is 2.83. The molecule has 5 nitrogen and oxygen atoms in total. The summed E-state index contributed by atoms with van der Waals surface area (Å²) in [5, 5.41) is 8.67. The summed E-state index contributed by atoms with van der Waals surface area (Å²) >= 11 is 0. The molecule has 0 aliphatic rings. The number of carboxylic acids is 1. The predicted octanol–water partition coefficient (Wildman–Crippen LogP) is 1.21. The van der Waals surface area contributed by atoms with Crippen LogP contribution in [0.4, 0.5) is 0 Å². The average Bonchev–Trinajstić information content (AvgIpc) is 2.12. The molecule has 0 aromatic heterocycles. The molecular weight excluding hydrogens is 230 g/mol. The van der Waals surface area contributed by atoms with Gasteiger partial charge in [0.2, 0.25) is 10.0 Å². The summed E-state index contributed by atoms with van der Waals surface area (Å²) in [6.07, 6.45) is 1.21. The van der Waals surface area contributed by atoms with E-state index in [-0.39, 0.29) is 18.1 Å². The molecular formula is C10H21NO4S. The molecule has 0 spiro atoms. The van der Waals surface area contributed by atoms with Gasteiger partial charge in [0.15, 0.2) is 0 Å². The lowest BCUT2D eigenvalue weighted by Crippen LogP contribution is -2.41. The Morgan fingerprint density at radius 3 is 2.31 bits per heavy atom. The van der Waals surface area contributed by atoms with E-state index in [0.29, 0.717) is 6.42 Å². The number of carbonyl (C=O) groups is 1. The van der Waals surface area contributed by atoms with Crippen molar-refractivity contribution in [2.75, 3.05) is 5.75 Å². The summed E-state index contributed by atoms with van der Waals surface area (Å²) in [6.45, 7) is 5.51. The molecule has 0 bridgehead atoms. The van der Waals surface area contributed by atoms with E-state index in [9.17, 15) is 13.2 Å². The van der Waals surface area contributed by atoms with Gasteiger partial charge in [-0.3, -0.25) is 4.79 Å². The Kier molecular flexibility index (Phi) is 6.59. The molecule has 0 heterocycles. The molecule has 0 saturated heterocycles. The normalized spacial score (nSPS) is 14.0. The van der Waals surface area contributed by atoms with Crippen molar-refractivity contribution in [2.24, 2.45) is 5.92 Å². The largest absolute Gasteiger partial charge is 0.481 e. The first-order valence-corrected chi connectivity index (χ1v) is 7.15. The topological polar surface area (TPSA) is 83.5 Å². The molecule has 1 atom stereocenters. The lowest BCUT2D eigenvalue weighted by molar-refractivity contribution is -0.137. The van der Waals surface area contributed by atoms with Crippen LogP contribution in [-0.2, 0) is 14.8 Å². The van der Waals surface area contributed by atoms with Gasteiger partial charge < -0.3 is 5.11 Å². The zero-order chi connectivity index (χ0) is 12.8. The third-order valence-corrected chi connectivity index (χ3v) is 3.78. The van der Waals surface area contributed by atoms with E-state index in [1.54, 1.807) is 13.8 Å². The Morgan fingerprint density at radius 1 is 1.38 bits per heavy atom. The molecule has 6 heteroatoms. The minimum atomic E-state index is -3.35. The number of sulfonamides is 1. The standard InChI is InChI=1S/C10H21NO4S/c1-4-5-6-16(14,15)11-9(8(2)3)7-10(12)13/h8-9,11H,4-7H2,1-3H3,(H,12,13). The number of hydrogen-bond acceptors (Lipinski definition) is 3. The summed E-state index contributed by atoms with van der Waals surface area (Å²) in [7, 11) is -3.35. The molecule has 1 unspecified atom stereocenters. The SMILES string of the molecule is CCCCS(=O)(=O)NC(CC(=O)O)C(C)C. The summed E-state index contributed by atoms with van der Waals surface area (Å²) in [4.78, 5) is 10.6. The minimum Gasteiger partial charge on any atom is -0.481 e. The van der Waals surface area contributed by atoms with Gasteiger partial charge in [-0.05, 0) is 12.3 Å². The summed E-state index contributed by atoms with van der Waals surface area (Å²) in [5.41, 5.74) is 0. The van der Waals surface area contributed by atoms with Crippen molar-refractivity contribution in [1.29, 1.82) is 0 Å². The third kappa shape index (κ3) is 6.79. The lowest BCUT2D eigenvalue weighted by Gasteiger charge is -2.20. The van der Waals surface area contributed by atoms with E-state index >= 15 is 0 Å². The fraction of sp³-hybridized carbons (Fsp3) is 0.900.